The van der Waals surface area contributed by atoms with Gasteiger partial charge in [0.2, 0.25) is 0 Å². The molecule has 0 radical (unpaired) electrons. The van der Waals surface area contributed by atoms with Crippen molar-refractivity contribution in [3.05, 3.63) is 82.8 Å². The number of nitrogens with zero attached hydrogens (tertiary/aromatic N) is 2. The van der Waals surface area contributed by atoms with E-state index in [1.807, 2.05) is 0 Å². The van der Waals surface area contributed by atoms with Crippen molar-refractivity contribution in [1.29, 1.82) is 0 Å². The van der Waals surface area contributed by atoms with Gasteiger partial charge in [-0.2, -0.15) is 13.2 Å². The fourth-order valence-corrected chi connectivity index (χ4v) is 2.29. The van der Waals surface area contributed by atoms with E-state index in [0.717, 1.165) is 12.1 Å². The van der Waals surface area contributed by atoms with Crippen LogP contribution in [-0.4, -0.2) is 9.55 Å². The van der Waals surface area contributed by atoms with Crippen molar-refractivity contribution in [3.63, 3.8) is 0 Å². The van der Waals surface area contributed by atoms with Crippen LogP contribution in [0.4, 0.5) is 13.2 Å². The van der Waals surface area contributed by atoms with Gasteiger partial charge in [0, 0.05) is 12.3 Å². The van der Waals surface area contributed by atoms with Crippen LogP contribution in [0.15, 0.2) is 71.7 Å². The molecule has 2 aromatic heterocycles. The van der Waals surface area contributed by atoms with Gasteiger partial charge >= 0.3 is 6.18 Å². The van der Waals surface area contributed by atoms with Gasteiger partial charge in [-0.3, -0.25) is 9.36 Å². The first-order chi connectivity index (χ1) is 11.0. The molecule has 3 rings (SSSR count). The summed E-state index contributed by atoms with van der Waals surface area (Å²) in [5.41, 5.74) is -0.483. The maximum absolute atomic E-state index is 12.9. The maximum Gasteiger partial charge on any atom is 0.416 e. The summed E-state index contributed by atoms with van der Waals surface area (Å²) < 4.78 is 40.0. The summed E-state index contributed by atoms with van der Waals surface area (Å²) >= 11 is 0. The summed E-state index contributed by atoms with van der Waals surface area (Å²) in [5, 5.41) is 0. The van der Waals surface area contributed by atoms with Crippen molar-refractivity contribution in [2.24, 2.45) is 0 Å². The van der Waals surface area contributed by atoms with Crippen molar-refractivity contribution >= 4 is 0 Å². The minimum Gasteiger partial charge on any atom is -0.269 e. The Kier molecular flexibility index (Phi) is 3.73. The summed E-state index contributed by atoms with van der Waals surface area (Å²) in [6, 6.07) is 14.3. The van der Waals surface area contributed by atoms with Crippen LogP contribution >= 0.6 is 0 Å². The molecule has 0 aliphatic carbocycles. The minimum absolute atomic E-state index is 0.295. The highest BCUT2D eigenvalue weighted by Crippen LogP contribution is 2.32. The molecular formula is C17H11F3N2O. The second kappa shape index (κ2) is 5.72. The molecule has 23 heavy (non-hydrogen) atoms. The molecule has 0 unspecified atom stereocenters. The maximum atomic E-state index is 12.9. The number of halogens is 3. The molecule has 0 bridgehead atoms. The Hall–Kier alpha value is -2.89. The molecule has 3 nitrogen and oxygen atoms in total. The lowest BCUT2D eigenvalue weighted by Gasteiger charge is -2.13. The Morgan fingerprint density at radius 3 is 2.39 bits per heavy atom. The van der Waals surface area contributed by atoms with Gasteiger partial charge < -0.3 is 0 Å². The van der Waals surface area contributed by atoms with E-state index in [1.54, 1.807) is 24.3 Å². The average Bonchev–Trinajstić information content (AvgIpc) is 2.55. The van der Waals surface area contributed by atoms with Crippen LogP contribution in [0.25, 0.3) is 17.1 Å². The Morgan fingerprint density at radius 2 is 1.70 bits per heavy atom. The van der Waals surface area contributed by atoms with Crippen LogP contribution in [0.5, 0.6) is 0 Å². The van der Waals surface area contributed by atoms with E-state index in [4.69, 9.17) is 0 Å². The van der Waals surface area contributed by atoms with E-state index < -0.39 is 11.7 Å². The lowest BCUT2D eigenvalue weighted by atomic mass is 10.1. The van der Waals surface area contributed by atoms with Gasteiger partial charge in [0.1, 0.15) is 5.82 Å². The zero-order chi connectivity index (χ0) is 16.4. The van der Waals surface area contributed by atoms with Gasteiger partial charge in [-0.05, 0) is 35.9 Å². The molecule has 2 heterocycles. The first-order valence-corrected chi connectivity index (χ1v) is 6.78. The fourth-order valence-electron chi connectivity index (χ4n) is 2.29. The first-order valence-electron chi connectivity index (χ1n) is 6.78. The molecular weight excluding hydrogens is 305 g/mol. The predicted octanol–water partition coefficient (Wildman–Crippen LogP) is 3.92. The van der Waals surface area contributed by atoms with Gasteiger partial charge in [-0.1, -0.05) is 24.3 Å². The Balaban J connectivity index is 2.23. The summed E-state index contributed by atoms with van der Waals surface area (Å²) in [5.74, 6) is 0.352. The Morgan fingerprint density at radius 1 is 0.913 bits per heavy atom. The van der Waals surface area contributed by atoms with Crippen molar-refractivity contribution in [3.8, 4) is 17.1 Å². The van der Waals surface area contributed by atoms with Crippen LogP contribution in [0, 0.1) is 0 Å². The van der Waals surface area contributed by atoms with E-state index in [1.165, 1.54) is 35.0 Å². The van der Waals surface area contributed by atoms with E-state index in [0.29, 0.717) is 17.1 Å². The minimum atomic E-state index is -4.44. The highest BCUT2D eigenvalue weighted by Gasteiger charge is 2.30. The second-order valence-corrected chi connectivity index (χ2v) is 4.85. The molecule has 0 aliphatic heterocycles. The third-order valence-electron chi connectivity index (χ3n) is 3.32. The summed E-state index contributed by atoms with van der Waals surface area (Å²) in [6.45, 7) is 0. The monoisotopic (exact) mass is 316 g/mol. The zero-order valence-corrected chi connectivity index (χ0v) is 11.8. The predicted molar refractivity (Wildman–Crippen MR) is 80.3 cm³/mol. The van der Waals surface area contributed by atoms with Crippen molar-refractivity contribution < 1.29 is 13.2 Å². The van der Waals surface area contributed by atoms with Crippen LogP contribution < -0.4 is 5.56 Å². The molecule has 0 spiro atoms. The Labute approximate surface area is 129 Å². The van der Waals surface area contributed by atoms with Crippen LogP contribution in [0.3, 0.4) is 0 Å². The zero-order valence-electron chi connectivity index (χ0n) is 11.8. The molecule has 0 saturated carbocycles. The number of pyridine rings is 2. The molecule has 0 fully saturated rings. The van der Waals surface area contributed by atoms with Gasteiger partial charge in [0.15, 0.2) is 0 Å². The van der Waals surface area contributed by atoms with E-state index in [-0.39, 0.29) is 5.56 Å². The van der Waals surface area contributed by atoms with Crippen LogP contribution in [-0.2, 0) is 6.18 Å². The molecule has 116 valence electrons. The molecule has 6 heteroatoms. The number of aromatic nitrogens is 2. The normalized spacial score (nSPS) is 11.4. The number of benzene rings is 1. The van der Waals surface area contributed by atoms with Gasteiger partial charge in [0.25, 0.3) is 5.56 Å². The fraction of sp³-hybridized carbons (Fsp3) is 0.0588. The van der Waals surface area contributed by atoms with E-state index >= 15 is 0 Å². The molecule has 0 N–H and O–H groups in total. The van der Waals surface area contributed by atoms with Gasteiger partial charge in [0.05, 0.1) is 11.3 Å². The van der Waals surface area contributed by atoms with E-state index in [2.05, 4.69) is 4.98 Å². The lowest BCUT2D eigenvalue weighted by Crippen LogP contribution is -2.19. The number of hydrogen-bond acceptors (Lipinski definition) is 2. The third kappa shape index (κ3) is 3.01. The largest absolute Gasteiger partial charge is 0.416 e. The molecule has 3 aromatic rings. The van der Waals surface area contributed by atoms with Gasteiger partial charge in [-0.15, -0.1) is 0 Å². The molecule has 0 aliphatic rings. The smallest absolute Gasteiger partial charge is 0.269 e. The standard InChI is InChI=1S/C17H11F3N2O/c18-17(19,20)13-6-3-5-12(11-13)14-7-4-9-16(23)22(14)15-8-1-2-10-21-15/h1-11H. The topological polar surface area (TPSA) is 34.9 Å². The molecule has 1 aromatic carbocycles. The van der Waals surface area contributed by atoms with Crippen molar-refractivity contribution in [1.82, 2.24) is 9.55 Å². The van der Waals surface area contributed by atoms with E-state index in [9.17, 15) is 18.0 Å². The third-order valence-corrected chi connectivity index (χ3v) is 3.32. The second-order valence-electron chi connectivity index (χ2n) is 4.85. The Bertz CT molecular complexity index is 886. The highest BCUT2D eigenvalue weighted by atomic mass is 19.4. The highest BCUT2D eigenvalue weighted by molar-refractivity contribution is 5.62. The number of hydrogen-bond donors (Lipinski definition) is 0. The summed E-state index contributed by atoms with van der Waals surface area (Å²) in [4.78, 5) is 16.3. The number of alkyl halides is 3. The molecule has 0 amide bonds. The lowest BCUT2D eigenvalue weighted by molar-refractivity contribution is -0.137. The van der Waals surface area contributed by atoms with Crippen LogP contribution in [0.2, 0.25) is 0 Å². The first kappa shape index (κ1) is 15.0. The molecule has 0 saturated heterocycles. The number of rotatable bonds is 2. The van der Waals surface area contributed by atoms with Crippen LogP contribution in [0.1, 0.15) is 5.56 Å². The van der Waals surface area contributed by atoms with Gasteiger partial charge in [-0.25, -0.2) is 4.98 Å². The average molecular weight is 316 g/mol. The summed E-state index contributed by atoms with van der Waals surface area (Å²) in [6.07, 6.45) is -2.92. The SMILES string of the molecule is O=c1cccc(-c2cccc(C(F)(F)F)c2)n1-c1ccccn1. The van der Waals surface area contributed by atoms with Crippen molar-refractivity contribution in [2.45, 2.75) is 6.18 Å². The summed E-state index contributed by atoms with van der Waals surface area (Å²) in [7, 11) is 0. The van der Waals surface area contributed by atoms with Crippen molar-refractivity contribution in [2.75, 3.05) is 0 Å². The molecule has 0 atom stereocenters. The quantitative estimate of drug-likeness (QED) is 0.718.